The predicted octanol–water partition coefficient (Wildman–Crippen LogP) is 2.99. The van der Waals surface area contributed by atoms with Gasteiger partial charge in [-0.15, -0.1) is 12.6 Å². The van der Waals surface area contributed by atoms with Crippen molar-refractivity contribution in [1.82, 2.24) is 4.90 Å². The van der Waals surface area contributed by atoms with Crippen molar-refractivity contribution in [1.29, 1.82) is 0 Å². The number of likely N-dealkylation sites (tertiary alicyclic amines) is 1. The number of carbonyl (C=O) groups is 1. The second-order valence-corrected chi connectivity index (χ2v) is 5.97. The summed E-state index contributed by atoms with van der Waals surface area (Å²) in [7, 11) is 2.08. The van der Waals surface area contributed by atoms with Gasteiger partial charge in [-0.05, 0) is 38.1 Å². The van der Waals surface area contributed by atoms with Crippen LogP contribution in [0.3, 0.4) is 0 Å². The minimum absolute atomic E-state index is 0.0325. The van der Waals surface area contributed by atoms with E-state index in [2.05, 4.69) is 40.5 Å². The summed E-state index contributed by atoms with van der Waals surface area (Å²) >= 11 is 7.64. The second kappa shape index (κ2) is 6.08. The Morgan fingerprint density at radius 2 is 2.11 bits per heavy atom. The molecule has 0 aromatic heterocycles. The number of thiol groups is 1. The summed E-state index contributed by atoms with van der Waals surface area (Å²) in [5.74, 6) is -0.276. The van der Waals surface area contributed by atoms with E-state index < -0.39 is 0 Å². The lowest BCUT2D eigenvalue weighted by molar-refractivity contribution is 0.0136. The summed E-state index contributed by atoms with van der Waals surface area (Å²) in [5, 5.41) is 0. The van der Waals surface area contributed by atoms with E-state index in [1.165, 1.54) is 0 Å². The molecule has 0 amide bonds. The van der Waals surface area contributed by atoms with Gasteiger partial charge in [-0.25, -0.2) is 4.79 Å². The highest BCUT2D eigenvalue weighted by molar-refractivity contribution is 9.10. The fourth-order valence-electron chi connectivity index (χ4n) is 2.00. The Kier molecular flexibility index (Phi) is 4.70. The van der Waals surface area contributed by atoms with E-state index in [9.17, 15) is 4.79 Å². The standard InChI is InChI=1S/C13H16BrNO2S/c1-15-6-4-10(5-7-15)17-13(16)11-3-2-9(14)8-12(11)18/h2-3,8,10,18H,4-7H2,1H3. The molecule has 0 unspecified atom stereocenters. The molecule has 1 aliphatic heterocycles. The topological polar surface area (TPSA) is 29.5 Å². The fraction of sp³-hybridized carbons (Fsp3) is 0.462. The Balaban J connectivity index is 1.99. The van der Waals surface area contributed by atoms with E-state index in [0.717, 1.165) is 30.4 Å². The lowest BCUT2D eigenvalue weighted by Crippen LogP contribution is -2.35. The first-order chi connectivity index (χ1) is 8.56. The van der Waals surface area contributed by atoms with Crippen LogP contribution in [-0.2, 0) is 4.74 Å². The number of ether oxygens (including phenoxy) is 1. The maximum atomic E-state index is 12.0. The van der Waals surface area contributed by atoms with Gasteiger partial charge in [0.05, 0.1) is 5.56 Å². The lowest BCUT2D eigenvalue weighted by Gasteiger charge is -2.28. The maximum absolute atomic E-state index is 12.0. The monoisotopic (exact) mass is 329 g/mol. The zero-order chi connectivity index (χ0) is 13.1. The van der Waals surface area contributed by atoms with Crippen molar-refractivity contribution in [2.24, 2.45) is 0 Å². The number of piperidine rings is 1. The van der Waals surface area contributed by atoms with E-state index >= 15 is 0 Å². The van der Waals surface area contributed by atoms with Crippen LogP contribution < -0.4 is 0 Å². The van der Waals surface area contributed by atoms with Crippen molar-refractivity contribution >= 4 is 34.5 Å². The third-order valence-corrected chi connectivity index (χ3v) is 3.98. The van der Waals surface area contributed by atoms with Gasteiger partial charge in [0.25, 0.3) is 0 Å². The average Bonchev–Trinajstić information content (AvgIpc) is 2.32. The summed E-state index contributed by atoms with van der Waals surface area (Å²) < 4.78 is 6.42. The van der Waals surface area contributed by atoms with Crippen molar-refractivity contribution in [3.63, 3.8) is 0 Å². The van der Waals surface area contributed by atoms with Gasteiger partial charge in [0.1, 0.15) is 6.10 Å². The van der Waals surface area contributed by atoms with Crippen LogP contribution in [0.2, 0.25) is 0 Å². The Morgan fingerprint density at radius 3 is 2.72 bits per heavy atom. The lowest BCUT2D eigenvalue weighted by atomic mass is 10.1. The van der Waals surface area contributed by atoms with Crippen LogP contribution in [0, 0.1) is 0 Å². The zero-order valence-electron chi connectivity index (χ0n) is 10.2. The first kappa shape index (κ1) is 13.9. The first-order valence-corrected chi connectivity index (χ1v) is 7.18. The Hall–Kier alpha value is -0.520. The molecule has 0 atom stereocenters. The maximum Gasteiger partial charge on any atom is 0.339 e. The molecule has 0 radical (unpaired) electrons. The second-order valence-electron chi connectivity index (χ2n) is 4.57. The molecule has 1 fully saturated rings. The molecule has 2 rings (SSSR count). The van der Waals surface area contributed by atoms with E-state index in [1.807, 2.05) is 6.07 Å². The molecule has 98 valence electrons. The summed E-state index contributed by atoms with van der Waals surface area (Å²) in [6, 6.07) is 5.36. The highest BCUT2D eigenvalue weighted by atomic mass is 79.9. The predicted molar refractivity (Wildman–Crippen MR) is 77.3 cm³/mol. The van der Waals surface area contributed by atoms with Gasteiger partial charge in [-0.3, -0.25) is 0 Å². The van der Waals surface area contributed by atoms with Gasteiger partial charge in [0.15, 0.2) is 0 Å². The number of halogens is 1. The Bertz CT molecular complexity index is 445. The Labute approximate surface area is 121 Å². The number of rotatable bonds is 2. The summed E-state index contributed by atoms with van der Waals surface area (Å²) in [6.45, 7) is 1.96. The van der Waals surface area contributed by atoms with Crippen LogP contribution in [0.4, 0.5) is 0 Å². The van der Waals surface area contributed by atoms with Crippen LogP contribution in [0.1, 0.15) is 23.2 Å². The molecular formula is C13H16BrNO2S. The molecule has 3 nitrogen and oxygen atoms in total. The molecular weight excluding hydrogens is 314 g/mol. The number of hydrogen-bond donors (Lipinski definition) is 1. The molecule has 1 aromatic carbocycles. The third-order valence-electron chi connectivity index (χ3n) is 3.12. The molecule has 5 heteroatoms. The molecule has 1 aliphatic rings. The van der Waals surface area contributed by atoms with Gasteiger partial charge in [-0.1, -0.05) is 15.9 Å². The van der Waals surface area contributed by atoms with Crippen LogP contribution in [0.15, 0.2) is 27.6 Å². The highest BCUT2D eigenvalue weighted by Gasteiger charge is 2.21. The number of nitrogens with zero attached hydrogens (tertiary/aromatic N) is 1. The van der Waals surface area contributed by atoms with Gasteiger partial charge in [0, 0.05) is 22.5 Å². The van der Waals surface area contributed by atoms with E-state index in [-0.39, 0.29) is 12.1 Å². The molecule has 1 heterocycles. The first-order valence-electron chi connectivity index (χ1n) is 5.94. The number of esters is 1. The van der Waals surface area contributed by atoms with Crippen LogP contribution >= 0.6 is 28.6 Å². The van der Waals surface area contributed by atoms with Crippen molar-refractivity contribution in [2.75, 3.05) is 20.1 Å². The minimum atomic E-state index is -0.276. The molecule has 1 saturated heterocycles. The van der Waals surface area contributed by atoms with E-state index in [1.54, 1.807) is 12.1 Å². The molecule has 18 heavy (non-hydrogen) atoms. The zero-order valence-corrected chi connectivity index (χ0v) is 12.7. The fourth-order valence-corrected chi connectivity index (χ4v) is 2.84. The Morgan fingerprint density at radius 1 is 1.44 bits per heavy atom. The van der Waals surface area contributed by atoms with Gasteiger partial charge in [-0.2, -0.15) is 0 Å². The normalized spacial score (nSPS) is 17.7. The average molecular weight is 330 g/mol. The summed E-state index contributed by atoms with van der Waals surface area (Å²) in [6.07, 6.45) is 1.84. The molecule has 0 N–H and O–H groups in total. The smallest absolute Gasteiger partial charge is 0.339 e. The molecule has 0 bridgehead atoms. The molecule has 1 aromatic rings. The van der Waals surface area contributed by atoms with E-state index in [0.29, 0.717) is 10.5 Å². The largest absolute Gasteiger partial charge is 0.459 e. The van der Waals surface area contributed by atoms with Gasteiger partial charge < -0.3 is 9.64 Å². The number of hydrogen-bond acceptors (Lipinski definition) is 4. The van der Waals surface area contributed by atoms with E-state index in [4.69, 9.17) is 4.74 Å². The summed E-state index contributed by atoms with van der Waals surface area (Å²) in [5.41, 5.74) is 0.528. The van der Waals surface area contributed by atoms with Crippen LogP contribution in [0.5, 0.6) is 0 Å². The SMILES string of the molecule is CN1CCC(OC(=O)c2ccc(Br)cc2S)CC1. The van der Waals surface area contributed by atoms with Crippen molar-refractivity contribution in [3.05, 3.63) is 28.2 Å². The quantitative estimate of drug-likeness (QED) is 0.668. The van der Waals surface area contributed by atoms with Crippen molar-refractivity contribution in [2.45, 2.75) is 23.8 Å². The van der Waals surface area contributed by atoms with Crippen LogP contribution in [0.25, 0.3) is 0 Å². The summed E-state index contributed by atoms with van der Waals surface area (Å²) in [4.78, 5) is 14.9. The highest BCUT2D eigenvalue weighted by Crippen LogP contribution is 2.22. The molecule has 0 spiro atoms. The third kappa shape index (κ3) is 3.49. The molecule has 0 saturated carbocycles. The number of carbonyl (C=O) groups excluding carboxylic acids is 1. The van der Waals surface area contributed by atoms with Crippen LogP contribution in [-0.4, -0.2) is 37.1 Å². The van der Waals surface area contributed by atoms with Gasteiger partial charge >= 0.3 is 5.97 Å². The number of benzene rings is 1. The minimum Gasteiger partial charge on any atom is -0.459 e. The van der Waals surface area contributed by atoms with Gasteiger partial charge in [0.2, 0.25) is 0 Å². The van der Waals surface area contributed by atoms with Crippen molar-refractivity contribution < 1.29 is 9.53 Å². The molecule has 0 aliphatic carbocycles. The van der Waals surface area contributed by atoms with Crippen molar-refractivity contribution in [3.8, 4) is 0 Å².